The minimum Gasteiger partial charge on any atom is -0.388 e. The molecule has 0 heterocycles. The highest BCUT2D eigenvalue weighted by atomic mass is 19.4. The van der Waals surface area contributed by atoms with Crippen LogP contribution in [0.15, 0.2) is 24.3 Å². The number of aliphatic hydroxyl groups is 1. The first-order chi connectivity index (χ1) is 8.91. The Morgan fingerprint density at radius 2 is 1.58 bits per heavy atom. The van der Waals surface area contributed by atoms with Gasteiger partial charge >= 0.3 is 6.18 Å². The van der Waals surface area contributed by atoms with Crippen LogP contribution in [0.1, 0.15) is 56.8 Å². The molecule has 1 N–H and O–H groups in total. The third-order valence-electron chi connectivity index (χ3n) is 3.35. The molecule has 1 atom stereocenters. The number of benzene rings is 1. The number of hydrogen-bond acceptors (Lipinski definition) is 1. The molecule has 0 spiro atoms. The Kier molecular flexibility index (Phi) is 5.85. The molecule has 0 aliphatic carbocycles. The van der Waals surface area contributed by atoms with E-state index in [1.807, 2.05) is 13.8 Å². The first-order valence-corrected chi connectivity index (χ1v) is 6.76. The van der Waals surface area contributed by atoms with Crippen molar-refractivity contribution in [3.05, 3.63) is 35.4 Å². The molecular formula is C15H21F3O. The van der Waals surface area contributed by atoms with Crippen molar-refractivity contribution in [3.63, 3.8) is 0 Å². The van der Waals surface area contributed by atoms with Crippen molar-refractivity contribution in [2.24, 2.45) is 5.92 Å². The summed E-state index contributed by atoms with van der Waals surface area (Å²) in [6, 6.07) is 5.32. The van der Waals surface area contributed by atoms with E-state index in [1.54, 1.807) is 6.07 Å². The van der Waals surface area contributed by atoms with Gasteiger partial charge in [-0.25, -0.2) is 0 Å². The number of halogens is 3. The average molecular weight is 274 g/mol. The average Bonchev–Trinajstić information content (AvgIpc) is 2.37. The van der Waals surface area contributed by atoms with Gasteiger partial charge < -0.3 is 5.11 Å². The Morgan fingerprint density at radius 3 is 2.05 bits per heavy atom. The second-order valence-electron chi connectivity index (χ2n) is 4.87. The summed E-state index contributed by atoms with van der Waals surface area (Å²) in [6.45, 7) is 3.95. The van der Waals surface area contributed by atoms with Crippen molar-refractivity contribution in [3.8, 4) is 0 Å². The quantitative estimate of drug-likeness (QED) is 0.777. The lowest BCUT2D eigenvalue weighted by Gasteiger charge is -2.25. The van der Waals surface area contributed by atoms with Gasteiger partial charge in [-0.3, -0.25) is 0 Å². The molecule has 1 rings (SSSR count). The van der Waals surface area contributed by atoms with Crippen molar-refractivity contribution in [1.82, 2.24) is 0 Å². The highest BCUT2D eigenvalue weighted by Gasteiger charge is 2.35. The normalized spacial score (nSPS) is 13.8. The molecule has 0 bridgehead atoms. The van der Waals surface area contributed by atoms with Crippen molar-refractivity contribution in [2.75, 3.05) is 0 Å². The molecule has 0 fully saturated rings. The molecule has 0 aliphatic heterocycles. The molecule has 1 aromatic carbocycles. The van der Waals surface area contributed by atoms with Gasteiger partial charge in [-0.05, 0) is 30.4 Å². The van der Waals surface area contributed by atoms with Crippen LogP contribution in [0.5, 0.6) is 0 Å². The first kappa shape index (κ1) is 16.0. The van der Waals surface area contributed by atoms with E-state index in [-0.39, 0.29) is 11.5 Å². The Bertz CT molecular complexity index is 381. The number of alkyl halides is 3. The predicted molar refractivity (Wildman–Crippen MR) is 69.7 cm³/mol. The Hall–Kier alpha value is -1.03. The van der Waals surface area contributed by atoms with Crippen LogP contribution in [0.3, 0.4) is 0 Å². The summed E-state index contributed by atoms with van der Waals surface area (Å²) in [5.74, 6) is -0.113. The lowest BCUT2D eigenvalue weighted by Crippen LogP contribution is -2.18. The van der Waals surface area contributed by atoms with Gasteiger partial charge in [-0.2, -0.15) is 13.2 Å². The molecule has 19 heavy (non-hydrogen) atoms. The van der Waals surface area contributed by atoms with Crippen LogP contribution >= 0.6 is 0 Å². The van der Waals surface area contributed by atoms with Crippen LogP contribution in [0.25, 0.3) is 0 Å². The summed E-state index contributed by atoms with van der Waals surface area (Å²) in [7, 11) is 0. The lowest BCUT2D eigenvalue weighted by molar-refractivity contribution is -0.139. The monoisotopic (exact) mass is 274 g/mol. The summed E-state index contributed by atoms with van der Waals surface area (Å²) in [6.07, 6.45) is -2.27. The fraction of sp³-hybridized carbons (Fsp3) is 0.600. The maximum Gasteiger partial charge on any atom is 0.416 e. The fourth-order valence-electron chi connectivity index (χ4n) is 2.47. The van der Waals surface area contributed by atoms with E-state index in [0.717, 1.165) is 31.7 Å². The first-order valence-electron chi connectivity index (χ1n) is 6.76. The summed E-state index contributed by atoms with van der Waals surface area (Å²) < 4.78 is 38.8. The van der Waals surface area contributed by atoms with Crippen LogP contribution in [0, 0.1) is 5.92 Å². The molecule has 0 aromatic heterocycles. The highest BCUT2D eigenvalue weighted by Crippen LogP contribution is 2.38. The highest BCUT2D eigenvalue weighted by molar-refractivity contribution is 5.31. The molecule has 1 nitrogen and oxygen atoms in total. The predicted octanol–water partition coefficient (Wildman–Crippen LogP) is 4.96. The molecular weight excluding hydrogens is 253 g/mol. The zero-order chi connectivity index (χ0) is 14.5. The van der Waals surface area contributed by atoms with Gasteiger partial charge in [-0.1, -0.05) is 44.9 Å². The fourth-order valence-corrected chi connectivity index (χ4v) is 2.47. The molecule has 0 aliphatic rings. The third-order valence-corrected chi connectivity index (χ3v) is 3.35. The van der Waals surface area contributed by atoms with Crippen molar-refractivity contribution in [1.29, 1.82) is 0 Å². The largest absolute Gasteiger partial charge is 0.416 e. The maximum atomic E-state index is 12.9. The Balaban J connectivity index is 3.06. The SMILES string of the molecule is CCCC(CCC)C(O)c1ccccc1C(F)(F)F. The zero-order valence-electron chi connectivity index (χ0n) is 11.4. The molecule has 1 aromatic rings. The Labute approximate surface area is 112 Å². The van der Waals surface area contributed by atoms with Crippen LogP contribution in [0.2, 0.25) is 0 Å². The van der Waals surface area contributed by atoms with E-state index in [0.29, 0.717) is 0 Å². The molecule has 0 saturated carbocycles. The molecule has 0 amide bonds. The number of hydrogen-bond donors (Lipinski definition) is 1. The van der Waals surface area contributed by atoms with Crippen LogP contribution in [-0.4, -0.2) is 5.11 Å². The van der Waals surface area contributed by atoms with Crippen molar-refractivity contribution < 1.29 is 18.3 Å². The van der Waals surface area contributed by atoms with E-state index in [1.165, 1.54) is 12.1 Å². The van der Waals surface area contributed by atoms with Gasteiger partial charge in [0.05, 0.1) is 11.7 Å². The summed E-state index contributed by atoms with van der Waals surface area (Å²) >= 11 is 0. The van der Waals surface area contributed by atoms with Gasteiger partial charge in [0.1, 0.15) is 0 Å². The van der Waals surface area contributed by atoms with E-state index in [4.69, 9.17) is 0 Å². The smallest absolute Gasteiger partial charge is 0.388 e. The van der Waals surface area contributed by atoms with Gasteiger partial charge in [-0.15, -0.1) is 0 Å². The van der Waals surface area contributed by atoms with Crippen molar-refractivity contribution >= 4 is 0 Å². The zero-order valence-corrected chi connectivity index (χ0v) is 11.4. The van der Waals surface area contributed by atoms with E-state index < -0.39 is 17.8 Å². The molecule has 0 radical (unpaired) electrons. The molecule has 4 heteroatoms. The topological polar surface area (TPSA) is 20.2 Å². The molecule has 108 valence electrons. The molecule has 1 unspecified atom stereocenters. The van der Waals surface area contributed by atoms with Gasteiger partial charge in [0, 0.05) is 0 Å². The minimum atomic E-state index is -4.42. The van der Waals surface area contributed by atoms with Crippen LogP contribution < -0.4 is 0 Å². The second kappa shape index (κ2) is 6.94. The number of aliphatic hydroxyl groups excluding tert-OH is 1. The summed E-state index contributed by atoms with van der Waals surface area (Å²) in [5, 5.41) is 10.3. The lowest BCUT2D eigenvalue weighted by atomic mass is 9.86. The summed E-state index contributed by atoms with van der Waals surface area (Å²) in [4.78, 5) is 0. The van der Waals surface area contributed by atoms with Crippen molar-refractivity contribution in [2.45, 2.75) is 51.8 Å². The standard InChI is InChI=1S/C15H21F3O/c1-3-7-11(8-4-2)14(19)12-9-5-6-10-13(12)15(16,17)18/h5-6,9-11,14,19H,3-4,7-8H2,1-2H3. The second-order valence-corrected chi connectivity index (χ2v) is 4.87. The Morgan fingerprint density at radius 1 is 1.05 bits per heavy atom. The summed E-state index contributed by atoms with van der Waals surface area (Å²) in [5.41, 5.74) is -0.721. The third kappa shape index (κ3) is 4.23. The minimum absolute atomic E-state index is 0.00176. The van der Waals surface area contributed by atoms with Gasteiger partial charge in [0.2, 0.25) is 0 Å². The van der Waals surface area contributed by atoms with Gasteiger partial charge in [0.15, 0.2) is 0 Å². The maximum absolute atomic E-state index is 12.9. The van der Waals surface area contributed by atoms with E-state index in [9.17, 15) is 18.3 Å². The molecule has 0 saturated heterocycles. The van der Waals surface area contributed by atoms with E-state index in [2.05, 4.69) is 0 Å². The van der Waals surface area contributed by atoms with Crippen LogP contribution in [-0.2, 0) is 6.18 Å². The number of rotatable bonds is 6. The van der Waals surface area contributed by atoms with Crippen LogP contribution in [0.4, 0.5) is 13.2 Å². The van der Waals surface area contributed by atoms with Gasteiger partial charge in [0.25, 0.3) is 0 Å². The van der Waals surface area contributed by atoms with E-state index >= 15 is 0 Å².